The Kier molecular flexibility index (Phi) is 2.98. The number of nitrogens with zero attached hydrogens (tertiary/aromatic N) is 2. The maximum atomic E-state index is 5.89. The predicted octanol–water partition coefficient (Wildman–Crippen LogP) is 3.31. The van der Waals surface area contributed by atoms with Gasteiger partial charge < -0.3 is 5.73 Å². The van der Waals surface area contributed by atoms with Crippen molar-refractivity contribution in [2.45, 2.75) is 53.5 Å². The molecule has 1 aliphatic carbocycles. The van der Waals surface area contributed by atoms with E-state index in [0.29, 0.717) is 12.0 Å². The number of rotatable bonds is 1. The maximum absolute atomic E-state index is 5.89. The average Bonchev–Trinajstić information content (AvgIpc) is 2.81. The molecular weight excluding hydrogens is 254 g/mol. The van der Waals surface area contributed by atoms with Crippen LogP contribution in [-0.4, -0.2) is 9.38 Å². The summed E-state index contributed by atoms with van der Waals surface area (Å²) in [5, 5.41) is 0. The number of hydrogen-bond donors (Lipinski definition) is 1. The number of fused-ring (bicyclic) bond motifs is 3. The molecular formula is C15H23N3S. The number of thiazole rings is 1. The molecule has 19 heavy (non-hydrogen) atoms. The van der Waals surface area contributed by atoms with Crippen LogP contribution in [0.4, 0.5) is 0 Å². The fourth-order valence-electron chi connectivity index (χ4n) is 3.20. The average molecular weight is 277 g/mol. The van der Waals surface area contributed by atoms with Gasteiger partial charge in [0.1, 0.15) is 0 Å². The summed E-state index contributed by atoms with van der Waals surface area (Å²) in [5.74, 6) is 0.783. The number of nitrogens with two attached hydrogens (primary N) is 1. The van der Waals surface area contributed by atoms with Crippen molar-refractivity contribution in [3.63, 3.8) is 0 Å². The molecule has 0 saturated heterocycles. The molecule has 1 atom stereocenters. The highest BCUT2D eigenvalue weighted by atomic mass is 32.1. The predicted molar refractivity (Wildman–Crippen MR) is 80.7 cm³/mol. The Labute approximate surface area is 118 Å². The third-order valence-electron chi connectivity index (χ3n) is 4.53. The van der Waals surface area contributed by atoms with E-state index in [1.807, 2.05) is 11.3 Å². The normalized spacial score (nSPS) is 19.9. The monoisotopic (exact) mass is 277 g/mol. The summed E-state index contributed by atoms with van der Waals surface area (Å²) in [5.41, 5.74) is 10.1. The van der Waals surface area contributed by atoms with Crippen molar-refractivity contribution < 1.29 is 0 Å². The first-order valence-corrected chi connectivity index (χ1v) is 7.92. The van der Waals surface area contributed by atoms with Gasteiger partial charge in [0.05, 0.1) is 11.4 Å². The summed E-state index contributed by atoms with van der Waals surface area (Å²) in [7, 11) is 0. The lowest BCUT2D eigenvalue weighted by Gasteiger charge is -2.33. The van der Waals surface area contributed by atoms with Gasteiger partial charge in [-0.15, -0.1) is 11.3 Å². The quantitative estimate of drug-likeness (QED) is 0.869. The Bertz CT molecular complexity index is 615. The van der Waals surface area contributed by atoms with E-state index >= 15 is 0 Å². The fourth-order valence-corrected chi connectivity index (χ4v) is 4.51. The van der Waals surface area contributed by atoms with Gasteiger partial charge in [0.25, 0.3) is 0 Å². The van der Waals surface area contributed by atoms with Gasteiger partial charge >= 0.3 is 0 Å². The van der Waals surface area contributed by atoms with Crippen molar-refractivity contribution >= 4 is 16.3 Å². The van der Waals surface area contributed by atoms with Gasteiger partial charge in [-0.25, -0.2) is 4.98 Å². The molecule has 2 heterocycles. The van der Waals surface area contributed by atoms with Gasteiger partial charge in [-0.05, 0) is 37.5 Å². The summed E-state index contributed by atoms with van der Waals surface area (Å²) >= 11 is 1.87. The van der Waals surface area contributed by atoms with E-state index in [4.69, 9.17) is 5.73 Å². The molecule has 4 heteroatoms. The largest absolute Gasteiger partial charge is 0.325 e. The van der Waals surface area contributed by atoms with E-state index in [1.54, 1.807) is 0 Å². The molecule has 0 radical (unpaired) electrons. The third kappa shape index (κ3) is 2.01. The Morgan fingerprint density at radius 1 is 1.42 bits per heavy atom. The van der Waals surface area contributed by atoms with Crippen molar-refractivity contribution in [2.24, 2.45) is 17.1 Å². The van der Waals surface area contributed by atoms with Crippen molar-refractivity contribution in [1.82, 2.24) is 9.38 Å². The second-order valence-electron chi connectivity index (χ2n) is 6.74. The highest BCUT2D eigenvalue weighted by Crippen LogP contribution is 2.40. The molecule has 3 nitrogen and oxygen atoms in total. The zero-order valence-electron chi connectivity index (χ0n) is 12.3. The van der Waals surface area contributed by atoms with Crippen molar-refractivity contribution in [3.8, 4) is 0 Å². The van der Waals surface area contributed by atoms with Crippen molar-refractivity contribution in [1.29, 1.82) is 0 Å². The lowest BCUT2D eigenvalue weighted by Crippen LogP contribution is -2.26. The second-order valence-corrected chi connectivity index (χ2v) is 7.81. The molecule has 0 saturated carbocycles. The highest BCUT2D eigenvalue weighted by molar-refractivity contribution is 7.17. The van der Waals surface area contributed by atoms with Gasteiger partial charge in [0.15, 0.2) is 4.96 Å². The number of aryl methyl sites for hydroxylation is 2. The molecule has 2 aromatic rings. The molecule has 104 valence electrons. The zero-order chi connectivity index (χ0) is 13.8. The molecule has 0 bridgehead atoms. The minimum absolute atomic E-state index is 0.399. The molecule has 1 aliphatic rings. The van der Waals surface area contributed by atoms with Gasteiger partial charge in [-0.3, -0.25) is 4.40 Å². The number of hydrogen-bond acceptors (Lipinski definition) is 3. The molecule has 3 rings (SSSR count). The lowest BCUT2D eigenvalue weighted by atomic mass is 9.73. The van der Waals surface area contributed by atoms with Crippen molar-refractivity contribution in [2.75, 3.05) is 0 Å². The molecule has 0 spiro atoms. The zero-order valence-corrected chi connectivity index (χ0v) is 13.1. The molecule has 2 N–H and O–H groups in total. The van der Waals surface area contributed by atoms with E-state index < -0.39 is 0 Å². The first kappa shape index (κ1) is 13.1. The van der Waals surface area contributed by atoms with Crippen LogP contribution in [0.5, 0.6) is 0 Å². The first-order valence-electron chi connectivity index (χ1n) is 7.10. The van der Waals surface area contributed by atoms with Crippen LogP contribution in [0.2, 0.25) is 0 Å². The van der Waals surface area contributed by atoms with Crippen LogP contribution in [0.3, 0.4) is 0 Å². The van der Waals surface area contributed by atoms with E-state index in [2.05, 4.69) is 37.1 Å². The lowest BCUT2D eigenvalue weighted by molar-refractivity contribution is 0.216. The van der Waals surface area contributed by atoms with Crippen LogP contribution in [-0.2, 0) is 19.4 Å². The van der Waals surface area contributed by atoms with Crippen molar-refractivity contribution in [3.05, 3.63) is 22.0 Å². The SMILES string of the molecule is Cc1nc2sc3c(n2c1CN)CCC(C(C)(C)C)C3. The smallest absolute Gasteiger partial charge is 0.194 e. The molecule has 0 aromatic carbocycles. The molecule has 2 aromatic heterocycles. The molecule has 0 aliphatic heterocycles. The number of aromatic nitrogens is 2. The highest BCUT2D eigenvalue weighted by Gasteiger charge is 2.31. The molecule has 0 amide bonds. The summed E-state index contributed by atoms with van der Waals surface area (Å²) in [6.07, 6.45) is 3.65. The minimum Gasteiger partial charge on any atom is -0.325 e. The van der Waals surface area contributed by atoms with Crippen LogP contribution in [0.15, 0.2) is 0 Å². The summed E-state index contributed by atoms with van der Waals surface area (Å²) in [6, 6.07) is 0. The first-order chi connectivity index (χ1) is 8.91. The van der Waals surface area contributed by atoms with E-state index in [-0.39, 0.29) is 0 Å². The van der Waals surface area contributed by atoms with Gasteiger partial charge in [0, 0.05) is 17.1 Å². The second kappa shape index (κ2) is 4.32. The summed E-state index contributed by atoms with van der Waals surface area (Å²) in [4.78, 5) is 7.35. The topological polar surface area (TPSA) is 43.3 Å². The minimum atomic E-state index is 0.399. The van der Waals surface area contributed by atoms with E-state index in [0.717, 1.165) is 16.6 Å². The van der Waals surface area contributed by atoms with Gasteiger partial charge in [-0.2, -0.15) is 0 Å². The standard InChI is InChI=1S/C15H23N3S/c1-9-12(8-16)18-11-6-5-10(15(2,3)4)7-13(11)19-14(18)17-9/h10H,5-8,16H2,1-4H3. The van der Waals surface area contributed by atoms with Crippen LogP contribution in [0.1, 0.15) is 49.2 Å². The maximum Gasteiger partial charge on any atom is 0.194 e. The van der Waals surface area contributed by atoms with E-state index in [9.17, 15) is 0 Å². The molecule has 1 unspecified atom stereocenters. The Morgan fingerprint density at radius 3 is 2.79 bits per heavy atom. The Balaban J connectivity index is 2.07. The summed E-state index contributed by atoms with van der Waals surface area (Å²) < 4.78 is 2.33. The Hall–Kier alpha value is -0.870. The van der Waals surface area contributed by atoms with Gasteiger partial charge in [-0.1, -0.05) is 20.8 Å². The van der Waals surface area contributed by atoms with Crippen LogP contribution in [0.25, 0.3) is 4.96 Å². The molecule has 0 fully saturated rings. The van der Waals surface area contributed by atoms with Crippen LogP contribution < -0.4 is 5.73 Å². The van der Waals surface area contributed by atoms with Gasteiger partial charge in [0.2, 0.25) is 0 Å². The summed E-state index contributed by atoms with van der Waals surface area (Å²) in [6.45, 7) is 9.72. The van der Waals surface area contributed by atoms with Crippen LogP contribution in [0, 0.1) is 18.3 Å². The number of imidazole rings is 1. The van der Waals surface area contributed by atoms with Crippen LogP contribution >= 0.6 is 11.3 Å². The Morgan fingerprint density at radius 2 is 2.16 bits per heavy atom. The third-order valence-corrected chi connectivity index (χ3v) is 5.63. The van der Waals surface area contributed by atoms with E-state index in [1.165, 1.54) is 35.5 Å². The fraction of sp³-hybridized carbons (Fsp3) is 0.667.